The number of carbonyl (C=O) groups is 2. The lowest BCUT2D eigenvalue weighted by Gasteiger charge is -2.38. The zero-order chi connectivity index (χ0) is 15.8. The van der Waals surface area contributed by atoms with Gasteiger partial charge in [-0.3, -0.25) is 4.79 Å². The quantitative estimate of drug-likeness (QED) is 0.909. The van der Waals surface area contributed by atoms with Gasteiger partial charge < -0.3 is 10.0 Å². The molecular weight excluding hydrogens is 266 g/mol. The molecule has 4 heteroatoms. The van der Waals surface area contributed by atoms with Crippen LogP contribution in [0.15, 0.2) is 12.1 Å². The van der Waals surface area contributed by atoms with Crippen molar-refractivity contribution in [1.29, 1.82) is 0 Å². The number of hydrogen-bond donors (Lipinski definition) is 1. The number of hydrogen-bond acceptors (Lipinski definition) is 2. The normalized spacial score (nSPS) is 17.6. The van der Waals surface area contributed by atoms with Gasteiger partial charge in [0.25, 0.3) is 5.91 Å². The smallest absolute Gasteiger partial charge is 0.336 e. The highest BCUT2D eigenvalue weighted by Crippen LogP contribution is 2.30. The van der Waals surface area contributed by atoms with Crippen LogP contribution in [0.25, 0.3) is 0 Å². The number of carboxylic acid groups (broad SMARTS) is 1. The van der Waals surface area contributed by atoms with E-state index in [1.54, 1.807) is 24.8 Å². The van der Waals surface area contributed by atoms with Gasteiger partial charge in [-0.15, -0.1) is 0 Å². The molecule has 1 aliphatic heterocycles. The van der Waals surface area contributed by atoms with Gasteiger partial charge in [-0.25, -0.2) is 4.79 Å². The Hall–Kier alpha value is -1.84. The maximum absolute atomic E-state index is 12.8. The summed E-state index contributed by atoms with van der Waals surface area (Å²) in [6, 6.07) is 3.58. The molecule has 0 atom stereocenters. The molecule has 114 valence electrons. The minimum Gasteiger partial charge on any atom is -0.478 e. The molecule has 1 aromatic carbocycles. The second kappa shape index (κ2) is 5.51. The summed E-state index contributed by atoms with van der Waals surface area (Å²) in [5, 5.41) is 9.45. The molecule has 2 rings (SSSR count). The molecule has 0 spiro atoms. The summed E-state index contributed by atoms with van der Waals surface area (Å²) in [7, 11) is 0. The number of benzene rings is 1. The Balaban J connectivity index is 2.44. The molecule has 0 unspecified atom stereocenters. The van der Waals surface area contributed by atoms with E-state index in [9.17, 15) is 14.7 Å². The predicted molar refractivity (Wildman–Crippen MR) is 81.8 cm³/mol. The van der Waals surface area contributed by atoms with E-state index in [1.165, 1.54) is 0 Å². The van der Waals surface area contributed by atoms with Crippen molar-refractivity contribution in [3.63, 3.8) is 0 Å². The first kappa shape index (κ1) is 15.5. The number of amides is 1. The first-order valence-electron chi connectivity index (χ1n) is 7.36. The highest BCUT2D eigenvalue weighted by molar-refractivity contribution is 6.06. The fourth-order valence-electron chi connectivity index (χ4n) is 3.12. The molecule has 0 radical (unpaired) electrons. The number of aromatic carboxylic acids is 1. The van der Waals surface area contributed by atoms with Crippen LogP contribution < -0.4 is 0 Å². The molecule has 21 heavy (non-hydrogen) atoms. The fraction of sp³-hybridized carbons (Fsp3) is 0.529. The van der Waals surface area contributed by atoms with Crippen molar-refractivity contribution in [1.82, 2.24) is 4.90 Å². The maximum atomic E-state index is 12.8. The number of nitrogens with zero attached hydrogens (tertiary/aromatic N) is 1. The Morgan fingerprint density at radius 3 is 2.24 bits per heavy atom. The van der Waals surface area contributed by atoms with E-state index < -0.39 is 5.97 Å². The SMILES string of the molecule is Cc1ccc(C)c(C(=O)N2CCCC(C)(C)C2)c1C(=O)O. The first-order chi connectivity index (χ1) is 9.73. The molecule has 0 bridgehead atoms. The van der Waals surface area contributed by atoms with Crippen molar-refractivity contribution in [2.45, 2.75) is 40.5 Å². The number of carboxylic acids is 1. The summed E-state index contributed by atoms with van der Waals surface area (Å²) in [6.45, 7) is 9.21. The Labute approximate surface area is 125 Å². The van der Waals surface area contributed by atoms with Crippen LogP contribution in [0.3, 0.4) is 0 Å². The lowest BCUT2D eigenvalue weighted by atomic mass is 9.83. The van der Waals surface area contributed by atoms with Crippen LogP contribution in [-0.4, -0.2) is 35.0 Å². The second-order valence-corrected chi connectivity index (χ2v) is 6.75. The Kier molecular flexibility index (Phi) is 4.08. The molecule has 1 fully saturated rings. The third-order valence-electron chi connectivity index (χ3n) is 4.24. The highest BCUT2D eigenvalue weighted by atomic mass is 16.4. The zero-order valence-electron chi connectivity index (χ0n) is 13.2. The Morgan fingerprint density at radius 1 is 1.14 bits per heavy atom. The van der Waals surface area contributed by atoms with Crippen LogP contribution in [0.5, 0.6) is 0 Å². The summed E-state index contributed by atoms with van der Waals surface area (Å²) < 4.78 is 0. The van der Waals surface area contributed by atoms with E-state index in [0.717, 1.165) is 18.4 Å². The second-order valence-electron chi connectivity index (χ2n) is 6.75. The highest BCUT2D eigenvalue weighted by Gasteiger charge is 2.32. The summed E-state index contributed by atoms with van der Waals surface area (Å²) >= 11 is 0. The third kappa shape index (κ3) is 3.09. The van der Waals surface area contributed by atoms with Crippen LogP contribution in [0.2, 0.25) is 0 Å². The first-order valence-corrected chi connectivity index (χ1v) is 7.36. The van der Waals surface area contributed by atoms with Crippen molar-refractivity contribution >= 4 is 11.9 Å². The van der Waals surface area contributed by atoms with E-state index >= 15 is 0 Å². The molecule has 0 saturated carbocycles. The van der Waals surface area contributed by atoms with Crippen molar-refractivity contribution in [3.8, 4) is 0 Å². The summed E-state index contributed by atoms with van der Waals surface area (Å²) in [4.78, 5) is 26.2. The summed E-state index contributed by atoms with van der Waals surface area (Å²) in [5.41, 5.74) is 1.94. The average molecular weight is 289 g/mol. The largest absolute Gasteiger partial charge is 0.478 e. The van der Waals surface area contributed by atoms with Gasteiger partial charge in [0.2, 0.25) is 0 Å². The van der Waals surface area contributed by atoms with Crippen LogP contribution >= 0.6 is 0 Å². The molecule has 1 heterocycles. The van der Waals surface area contributed by atoms with Crippen LogP contribution in [0, 0.1) is 19.3 Å². The topological polar surface area (TPSA) is 57.6 Å². The molecule has 1 N–H and O–H groups in total. The van der Waals surface area contributed by atoms with Gasteiger partial charge in [0.15, 0.2) is 0 Å². The standard InChI is InChI=1S/C17H23NO3/c1-11-6-7-12(2)14(16(20)21)13(11)15(19)18-9-5-8-17(3,4)10-18/h6-7H,5,8-10H2,1-4H3,(H,20,21). The van der Waals surface area contributed by atoms with E-state index in [-0.39, 0.29) is 16.9 Å². The van der Waals surface area contributed by atoms with Crippen LogP contribution in [-0.2, 0) is 0 Å². The molecule has 1 aromatic rings. The van der Waals surface area contributed by atoms with Crippen LogP contribution in [0.4, 0.5) is 0 Å². The monoisotopic (exact) mass is 289 g/mol. The van der Waals surface area contributed by atoms with E-state index in [2.05, 4.69) is 13.8 Å². The summed E-state index contributed by atoms with van der Waals surface area (Å²) in [6.07, 6.45) is 2.06. The molecule has 1 saturated heterocycles. The molecule has 4 nitrogen and oxygen atoms in total. The van der Waals surface area contributed by atoms with Gasteiger partial charge in [0.05, 0.1) is 11.1 Å². The van der Waals surface area contributed by atoms with E-state index in [4.69, 9.17) is 0 Å². The van der Waals surface area contributed by atoms with Crippen molar-refractivity contribution in [2.24, 2.45) is 5.41 Å². The number of aryl methyl sites for hydroxylation is 2. The minimum absolute atomic E-state index is 0.0923. The summed E-state index contributed by atoms with van der Waals surface area (Å²) in [5.74, 6) is -1.18. The van der Waals surface area contributed by atoms with E-state index in [0.29, 0.717) is 24.2 Å². The van der Waals surface area contributed by atoms with Crippen molar-refractivity contribution in [2.75, 3.05) is 13.1 Å². The number of likely N-dealkylation sites (tertiary alicyclic amines) is 1. The van der Waals surface area contributed by atoms with Gasteiger partial charge in [0, 0.05) is 13.1 Å². The molecule has 0 aliphatic carbocycles. The Morgan fingerprint density at radius 2 is 1.71 bits per heavy atom. The van der Waals surface area contributed by atoms with E-state index in [1.807, 2.05) is 6.07 Å². The minimum atomic E-state index is -1.03. The van der Waals surface area contributed by atoms with Crippen molar-refractivity contribution < 1.29 is 14.7 Å². The third-order valence-corrected chi connectivity index (χ3v) is 4.24. The lowest BCUT2D eigenvalue weighted by Crippen LogP contribution is -2.44. The number of carbonyl (C=O) groups excluding carboxylic acids is 1. The zero-order valence-corrected chi connectivity index (χ0v) is 13.2. The predicted octanol–water partition coefficient (Wildman–Crippen LogP) is 3.26. The molecule has 1 amide bonds. The van der Waals surface area contributed by atoms with Crippen LogP contribution in [0.1, 0.15) is 58.5 Å². The van der Waals surface area contributed by atoms with Crippen molar-refractivity contribution in [3.05, 3.63) is 34.4 Å². The fourth-order valence-corrected chi connectivity index (χ4v) is 3.12. The Bertz CT molecular complexity index is 590. The average Bonchev–Trinajstić information content (AvgIpc) is 2.38. The van der Waals surface area contributed by atoms with Gasteiger partial charge in [-0.2, -0.15) is 0 Å². The lowest BCUT2D eigenvalue weighted by molar-refractivity contribution is 0.0569. The molecule has 0 aromatic heterocycles. The number of piperidine rings is 1. The van der Waals surface area contributed by atoms with Gasteiger partial charge in [-0.05, 0) is 43.2 Å². The molecular formula is C17H23NO3. The van der Waals surface area contributed by atoms with Gasteiger partial charge >= 0.3 is 5.97 Å². The molecule has 1 aliphatic rings. The van der Waals surface area contributed by atoms with Gasteiger partial charge in [0.1, 0.15) is 0 Å². The van der Waals surface area contributed by atoms with Gasteiger partial charge in [-0.1, -0.05) is 26.0 Å². The number of rotatable bonds is 2. The maximum Gasteiger partial charge on any atom is 0.336 e.